The number of benzene rings is 1. The highest BCUT2D eigenvalue weighted by Crippen LogP contribution is 2.17. The quantitative estimate of drug-likeness (QED) is 0.826. The van der Waals surface area contributed by atoms with Gasteiger partial charge in [0.2, 0.25) is 0 Å². The lowest BCUT2D eigenvalue weighted by Crippen LogP contribution is -2.20. The molecule has 2 aromatic rings. The molecule has 0 radical (unpaired) electrons. The second-order valence-corrected chi connectivity index (χ2v) is 5.19. The van der Waals surface area contributed by atoms with Crippen LogP contribution in [0.3, 0.4) is 0 Å². The van der Waals surface area contributed by atoms with E-state index in [1.165, 1.54) is 10.4 Å². The molecule has 1 aromatic heterocycles. The monoisotopic (exact) mass is 261 g/mol. The minimum atomic E-state index is 0.135. The first-order valence-corrected chi connectivity index (χ1v) is 7.11. The van der Waals surface area contributed by atoms with E-state index in [4.69, 9.17) is 4.74 Å². The van der Waals surface area contributed by atoms with Crippen molar-refractivity contribution in [2.75, 3.05) is 20.2 Å². The van der Waals surface area contributed by atoms with Crippen molar-refractivity contribution < 1.29 is 4.74 Å². The lowest BCUT2D eigenvalue weighted by atomic mass is 10.1. The second kappa shape index (κ2) is 7.31. The average molecular weight is 261 g/mol. The van der Waals surface area contributed by atoms with Crippen molar-refractivity contribution in [2.24, 2.45) is 0 Å². The fourth-order valence-corrected chi connectivity index (χ4v) is 2.57. The third-order valence-corrected chi connectivity index (χ3v) is 3.74. The molecule has 0 saturated heterocycles. The van der Waals surface area contributed by atoms with Gasteiger partial charge in [0.05, 0.1) is 12.7 Å². The summed E-state index contributed by atoms with van der Waals surface area (Å²) in [7, 11) is 1.96. The highest BCUT2D eigenvalue weighted by molar-refractivity contribution is 7.09. The SMILES string of the molecule is CNCC(OCCc1cccs1)c1ccccc1. The summed E-state index contributed by atoms with van der Waals surface area (Å²) in [5.74, 6) is 0. The van der Waals surface area contributed by atoms with Gasteiger partial charge >= 0.3 is 0 Å². The molecule has 2 nitrogen and oxygen atoms in total. The molecule has 0 amide bonds. The zero-order valence-electron chi connectivity index (χ0n) is 10.6. The Balaban J connectivity index is 1.87. The van der Waals surface area contributed by atoms with Crippen LogP contribution >= 0.6 is 11.3 Å². The maximum Gasteiger partial charge on any atom is 0.0949 e. The summed E-state index contributed by atoms with van der Waals surface area (Å²) in [6.45, 7) is 1.61. The maximum absolute atomic E-state index is 5.99. The van der Waals surface area contributed by atoms with E-state index in [0.29, 0.717) is 0 Å². The smallest absolute Gasteiger partial charge is 0.0949 e. The Kier molecular flexibility index (Phi) is 5.39. The Bertz CT molecular complexity index is 427. The lowest BCUT2D eigenvalue weighted by molar-refractivity contribution is 0.0564. The van der Waals surface area contributed by atoms with Gasteiger partial charge in [0.15, 0.2) is 0 Å². The van der Waals surface area contributed by atoms with Gasteiger partial charge in [0.25, 0.3) is 0 Å². The van der Waals surface area contributed by atoms with E-state index in [-0.39, 0.29) is 6.10 Å². The van der Waals surface area contributed by atoms with E-state index in [2.05, 4.69) is 47.1 Å². The maximum atomic E-state index is 5.99. The topological polar surface area (TPSA) is 21.3 Å². The largest absolute Gasteiger partial charge is 0.372 e. The van der Waals surface area contributed by atoms with Crippen molar-refractivity contribution in [1.82, 2.24) is 5.32 Å². The molecule has 1 N–H and O–H groups in total. The van der Waals surface area contributed by atoms with Gasteiger partial charge in [0, 0.05) is 17.8 Å². The van der Waals surface area contributed by atoms with Crippen LogP contribution < -0.4 is 5.32 Å². The molecule has 0 bridgehead atoms. The van der Waals surface area contributed by atoms with Crippen LogP contribution in [0.2, 0.25) is 0 Å². The van der Waals surface area contributed by atoms with Gasteiger partial charge in [-0.25, -0.2) is 0 Å². The molecule has 1 aromatic carbocycles. The van der Waals surface area contributed by atoms with Gasteiger partial charge in [0.1, 0.15) is 0 Å². The third kappa shape index (κ3) is 3.95. The van der Waals surface area contributed by atoms with Gasteiger partial charge in [-0.15, -0.1) is 11.3 Å². The number of likely N-dealkylation sites (N-methyl/N-ethyl adjacent to an activating group) is 1. The van der Waals surface area contributed by atoms with Crippen molar-refractivity contribution in [1.29, 1.82) is 0 Å². The van der Waals surface area contributed by atoms with Gasteiger partial charge in [-0.1, -0.05) is 36.4 Å². The van der Waals surface area contributed by atoms with Gasteiger partial charge < -0.3 is 10.1 Å². The van der Waals surface area contributed by atoms with Crippen LogP contribution in [0, 0.1) is 0 Å². The van der Waals surface area contributed by atoms with E-state index in [1.54, 1.807) is 11.3 Å². The summed E-state index contributed by atoms with van der Waals surface area (Å²) in [6, 6.07) is 14.6. The molecular weight excluding hydrogens is 242 g/mol. The summed E-state index contributed by atoms with van der Waals surface area (Å²) in [5, 5.41) is 5.30. The summed E-state index contributed by atoms with van der Waals surface area (Å²) in [6.07, 6.45) is 1.13. The average Bonchev–Trinajstić information content (AvgIpc) is 2.92. The third-order valence-electron chi connectivity index (χ3n) is 2.81. The van der Waals surface area contributed by atoms with Crippen LogP contribution in [-0.2, 0) is 11.2 Å². The number of rotatable bonds is 7. The zero-order chi connectivity index (χ0) is 12.6. The number of ether oxygens (including phenoxy) is 1. The molecule has 1 atom stereocenters. The number of hydrogen-bond acceptors (Lipinski definition) is 3. The fourth-order valence-electron chi connectivity index (χ4n) is 1.88. The van der Waals surface area contributed by atoms with E-state index in [0.717, 1.165) is 19.6 Å². The minimum Gasteiger partial charge on any atom is -0.372 e. The highest BCUT2D eigenvalue weighted by atomic mass is 32.1. The van der Waals surface area contributed by atoms with Gasteiger partial charge in [-0.05, 0) is 24.1 Å². The summed E-state index contributed by atoms with van der Waals surface area (Å²) >= 11 is 1.79. The fraction of sp³-hybridized carbons (Fsp3) is 0.333. The van der Waals surface area contributed by atoms with E-state index in [9.17, 15) is 0 Å². The first-order valence-electron chi connectivity index (χ1n) is 6.23. The van der Waals surface area contributed by atoms with Crippen molar-refractivity contribution in [3.05, 3.63) is 58.3 Å². The molecule has 1 heterocycles. The van der Waals surface area contributed by atoms with Gasteiger partial charge in [-0.2, -0.15) is 0 Å². The Hall–Kier alpha value is -1.16. The lowest BCUT2D eigenvalue weighted by Gasteiger charge is -2.17. The van der Waals surface area contributed by atoms with Crippen LogP contribution in [-0.4, -0.2) is 20.2 Å². The molecule has 0 fully saturated rings. The van der Waals surface area contributed by atoms with Crippen molar-refractivity contribution >= 4 is 11.3 Å². The first kappa shape index (κ1) is 13.3. The number of thiophene rings is 1. The van der Waals surface area contributed by atoms with Crippen LogP contribution in [0.1, 0.15) is 16.5 Å². The predicted octanol–water partition coefficient (Wildman–Crippen LogP) is 3.27. The summed E-state index contributed by atoms with van der Waals surface area (Å²) in [5.41, 5.74) is 1.23. The summed E-state index contributed by atoms with van der Waals surface area (Å²) < 4.78 is 5.99. The van der Waals surface area contributed by atoms with E-state index < -0.39 is 0 Å². The Labute approximate surface area is 113 Å². The zero-order valence-corrected chi connectivity index (χ0v) is 11.5. The molecular formula is C15H19NOS. The first-order chi connectivity index (χ1) is 8.90. The number of hydrogen-bond donors (Lipinski definition) is 1. The molecule has 3 heteroatoms. The van der Waals surface area contributed by atoms with Crippen LogP contribution in [0.25, 0.3) is 0 Å². The number of nitrogens with one attached hydrogen (secondary N) is 1. The molecule has 0 aliphatic rings. The molecule has 1 unspecified atom stereocenters. The van der Waals surface area contributed by atoms with Crippen molar-refractivity contribution in [2.45, 2.75) is 12.5 Å². The van der Waals surface area contributed by atoms with Crippen molar-refractivity contribution in [3.8, 4) is 0 Å². The Morgan fingerprint density at radius 2 is 2.00 bits per heavy atom. The van der Waals surface area contributed by atoms with Crippen LogP contribution in [0.4, 0.5) is 0 Å². The minimum absolute atomic E-state index is 0.135. The second-order valence-electron chi connectivity index (χ2n) is 4.16. The molecule has 2 rings (SSSR count). The summed E-state index contributed by atoms with van der Waals surface area (Å²) in [4.78, 5) is 1.38. The predicted molar refractivity (Wildman–Crippen MR) is 77.1 cm³/mol. The van der Waals surface area contributed by atoms with Crippen LogP contribution in [0.5, 0.6) is 0 Å². The normalized spacial score (nSPS) is 12.5. The van der Waals surface area contributed by atoms with Gasteiger partial charge in [-0.3, -0.25) is 0 Å². The molecule has 0 aliphatic carbocycles. The standard InChI is InChI=1S/C15H19NOS/c1-16-12-15(13-6-3-2-4-7-13)17-10-9-14-8-5-11-18-14/h2-8,11,15-16H,9-10,12H2,1H3. The van der Waals surface area contributed by atoms with Crippen molar-refractivity contribution in [3.63, 3.8) is 0 Å². The molecule has 0 saturated carbocycles. The Morgan fingerprint density at radius 3 is 2.67 bits per heavy atom. The Morgan fingerprint density at radius 1 is 1.17 bits per heavy atom. The van der Waals surface area contributed by atoms with E-state index >= 15 is 0 Å². The molecule has 18 heavy (non-hydrogen) atoms. The highest BCUT2D eigenvalue weighted by Gasteiger charge is 2.10. The molecule has 0 aliphatic heterocycles. The molecule has 0 spiro atoms. The van der Waals surface area contributed by atoms with Crippen LogP contribution in [0.15, 0.2) is 47.8 Å². The molecule has 96 valence electrons. The van der Waals surface area contributed by atoms with E-state index in [1.807, 2.05) is 13.1 Å².